The summed E-state index contributed by atoms with van der Waals surface area (Å²) in [7, 11) is 0. The number of hydrogen-bond acceptors (Lipinski definition) is 24. The molecule has 0 saturated heterocycles. The van der Waals surface area contributed by atoms with Gasteiger partial charge in [0.1, 0.15) is 0 Å². The fraction of sp³-hybridized carbons (Fsp3) is 0. The second kappa shape index (κ2) is 23.2. The van der Waals surface area contributed by atoms with Crippen molar-refractivity contribution in [2.24, 2.45) is 0 Å². The van der Waals surface area contributed by atoms with E-state index in [0.29, 0.717) is 29.6 Å². The minimum atomic E-state index is -5.22. The van der Waals surface area contributed by atoms with Crippen LogP contribution in [-0.2, 0) is 143 Å². The molecule has 0 heterocycles. The van der Waals surface area contributed by atoms with Gasteiger partial charge in [0.2, 0.25) is 0 Å². The van der Waals surface area contributed by atoms with Crippen LogP contribution in [0.4, 0.5) is 0 Å². The first kappa shape index (κ1) is 51.6. The van der Waals surface area contributed by atoms with Crippen molar-refractivity contribution < 1.29 is 168 Å². The van der Waals surface area contributed by atoms with E-state index in [9.17, 15) is 0 Å². The standard InChI is InChI=1S/6CN.7Cr.18O/c6*1-2;;;;;;;;;;;;;;;;;;;;;;;;;/q;;;;;;;;;;;;+6;;;;;;;;;;;;;6*-1. The van der Waals surface area contributed by atoms with Gasteiger partial charge in [0.15, 0.2) is 0 Å². The summed E-state index contributed by atoms with van der Waals surface area (Å²) in [5.41, 5.74) is 0. The Balaban J connectivity index is -0.0000000581. The van der Waals surface area contributed by atoms with Crippen molar-refractivity contribution in [2.75, 3.05) is 0 Å². The zero-order valence-corrected chi connectivity index (χ0v) is 24.8. The van der Waals surface area contributed by atoms with Crippen LogP contribution < -0.4 is 24.9 Å². The van der Waals surface area contributed by atoms with Gasteiger partial charge in [0.05, 0.1) is 0 Å². The molecule has 0 fully saturated rings. The zero-order chi connectivity index (χ0) is 31.2. The van der Waals surface area contributed by atoms with E-state index < -0.39 is 79.7 Å². The van der Waals surface area contributed by atoms with Gasteiger partial charge in [-0.25, -0.2) is 0 Å². The van der Waals surface area contributed by atoms with Crippen molar-refractivity contribution in [3.8, 4) is 29.6 Å². The SMILES string of the molecule is N#[C][Cr](=[O])(=[O])[O-].N#[C][Cr](=[O])(=[O])[O-].N#[C][Cr](=[O])(=[O])[O-].N#[C][Cr](=[O])(=[O])[O-].N#[C][Cr](=[O])(=[O])[O-].N#[C][Cr](=[O])(=[O])[O-].[Cr+6]. The molecule has 0 aromatic heterocycles. The van der Waals surface area contributed by atoms with Crippen molar-refractivity contribution in [3.05, 3.63) is 0 Å². The minimum Gasteiger partial charge on any atom is 6.00 e. The summed E-state index contributed by atoms with van der Waals surface area (Å²) in [6.07, 6.45) is 0. The average Bonchev–Trinajstić information content (AvgIpc) is 2.67. The fourth-order valence-corrected chi connectivity index (χ4v) is 0. The van der Waals surface area contributed by atoms with Gasteiger partial charge in [-0.3, -0.25) is 0 Å². The molecule has 0 radical (unpaired) electrons. The Hall–Kier alpha value is -1.97. The molecule has 0 aliphatic rings. The number of hydrogen-bond donors (Lipinski definition) is 0. The summed E-state index contributed by atoms with van der Waals surface area (Å²) in [6.45, 7) is 0. The number of nitriles is 6. The summed E-state index contributed by atoms with van der Waals surface area (Å²) in [5, 5.41) is 43.7. The summed E-state index contributed by atoms with van der Waals surface area (Å²) >= 11 is -31.3. The molecule has 24 nitrogen and oxygen atoms in total. The first-order valence-corrected chi connectivity index (χ1v) is 18.8. The quantitative estimate of drug-likeness (QED) is 0.219. The molecule has 31 heteroatoms. The van der Waals surface area contributed by atoms with Crippen LogP contribution >= 0.6 is 0 Å². The third-order valence-electron chi connectivity index (χ3n) is 0.671. The largest absolute Gasteiger partial charge is 6.00 e. The maximum absolute atomic E-state index is 9.16. The van der Waals surface area contributed by atoms with E-state index >= 15 is 0 Å². The molecule has 0 aliphatic carbocycles. The third-order valence-corrected chi connectivity index (χ3v) is 2.77. The number of rotatable bonds is 0. The van der Waals surface area contributed by atoms with Crippen LogP contribution in [0.15, 0.2) is 0 Å². The molecular weight excluding hydrogens is 808 g/mol. The normalized spacial score (nSPS) is 9.73. The van der Waals surface area contributed by atoms with Crippen LogP contribution in [0.1, 0.15) is 0 Å². The van der Waals surface area contributed by atoms with Gasteiger partial charge in [-0.15, -0.1) is 0 Å². The predicted molar refractivity (Wildman–Crippen MR) is 41.9 cm³/mol. The van der Waals surface area contributed by atoms with Crippen LogP contribution in [0.25, 0.3) is 0 Å². The van der Waals surface area contributed by atoms with Gasteiger partial charge < -0.3 is 0 Å². The van der Waals surface area contributed by atoms with Crippen LogP contribution in [0.2, 0.25) is 0 Å². The molecule has 0 aliphatic heterocycles. The predicted octanol–water partition coefficient (Wildman–Crippen LogP) is -8.48. The summed E-state index contributed by atoms with van der Waals surface area (Å²) in [4.78, 5) is 3.56. The van der Waals surface area contributed by atoms with Crippen molar-refractivity contribution in [1.29, 1.82) is 31.6 Å². The summed E-state index contributed by atoms with van der Waals surface area (Å²) in [5.74, 6) is 0. The first-order chi connectivity index (χ1) is 15.4. The van der Waals surface area contributed by atoms with Crippen molar-refractivity contribution in [1.82, 2.24) is 0 Å². The molecule has 0 bridgehead atoms. The molecule has 204 valence electrons. The van der Waals surface area contributed by atoms with Crippen molar-refractivity contribution in [2.45, 2.75) is 0 Å². The Labute approximate surface area is 226 Å². The Kier molecular flexibility index (Phi) is 32.3. The maximum atomic E-state index is 9.16. The monoisotopic (exact) mass is 808 g/mol. The zero-order valence-electron chi connectivity index (χ0n) is 15.9. The topological polar surface area (TPSA) is 486 Å². The molecule has 37 heavy (non-hydrogen) atoms. The Morgan fingerprint density at radius 1 is 0.297 bits per heavy atom. The van der Waals surface area contributed by atoms with E-state index in [1.165, 1.54) is 0 Å². The number of nitrogens with zero attached hydrogens (tertiary/aromatic N) is 6. The molecular formula is C6Cr7N6O18. The maximum Gasteiger partial charge on any atom is 6.00 e. The third kappa shape index (κ3) is 136. The second-order valence-corrected chi connectivity index (χ2v) is 13.5. The van der Waals surface area contributed by atoms with E-state index in [2.05, 4.69) is 0 Å². The molecule has 0 aromatic carbocycles. The molecule has 0 N–H and O–H groups in total. The minimum absolute atomic E-state index is 0. The average molecular weight is 808 g/mol. The van der Waals surface area contributed by atoms with Gasteiger partial charge in [0, 0.05) is 0 Å². The van der Waals surface area contributed by atoms with Crippen molar-refractivity contribution in [3.63, 3.8) is 0 Å². The van der Waals surface area contributed by atoms with E-state index in [1.54, 1.807) is 0 Å². The van der Waals surface area contributed by atoms with Gasteiger partial charge in [-0.2, -0.15) is 0 Å². The summed E-state index contributed by atoms with van der Waals surface area (Å²) in [6, 6.07) is 0. The van der Waals surface area contributed by atoms with E-state index in [1.807, 2.05) is 0 Å². The molecule has 0 unspecified atom stereocenters. The van der Waals surface area contributed by atoms with Crippen molar-refractivity contribution >= 4 is 0 Å². The van der Waals surface area contributed by atoms with Gasteiger partial charge in [-0.1, -0.05) is 0 Å². The van der Waals surface area contributed by atoms with Gasteiger partial charge in [0.25, 0.3) is 0 Å². The molecule has 0 atom stereocenters. The fourth-order valence-electron chi connectivity index (χ4n) is 0. The van der Waals surface area contributed by atoms with Crippen LogP contribution in [0.3, 0.4) is 0 Å². The van der Waals surface area contributed by atoms with Gasteiger partial charge >= 0.3 is 229 Å². The smallest absolute Gasteiger partial charge is 6.00 e. The van der Waals surface area contributed by atoms with Crippen LogP contribution in [-0.4, -0.2) is 0 Å². The molecule has 0 aromatic rings. The molecule has 0 amide bonds. The van der Waals surface area contributed by atoms with E-state index in [4.69, 9.17) is 102 Å². The van der Waals surface area contributed by atoms with Crippen LogP contribution in [0.5, 0.6) is 0 Å². The molecule has 0 rings (SSSR count). The first-order valence-electron chi connectivity index (χ1n) is 5.57. The van der Waals surface area contributed by atoms with E-state index in [0.717, 1.165) is 0 Å². The Morgan fingerprint density at radius 2 is 0.324 bits per heavy atom. The molecule has 0 spiro atoms. The summed E-state index contributed by atoms with van der Waals surface area (Å²) < 4.78 is 165. The Morgan fingerprint density at radius 3 is 0.324 bits per heavy atom. The Bertz CT molecular complexity index is 1290. The molecule has 0 saturated carbocycles. The van der Waals surface area contributed by atoms with E-state index in [-0.39, 0.29) is 17.4 Å². The van der Waals surface area contributed by atoms with Gasteiger partial charge in [-0.05, 0) is 0 Å². The second-order valence-electron chi connectivity index (χ2n) is 3.27. The van der Waals surface area contributed by atoms with Crippen LogP contribution in [0, 0.1) is 61.2 Å².